The quantitative estimate of drug-likeness (QED) is 0.254. The first-order valence-electron chi connectivity index (χ1n) is 11.6. The highest BCUT2D eigenvalue weighted by Gasteiger charge is 2.30. The van der Waals surface area contributed by atoms with E-state index in [9.17, 15) is 0 Å². The maximum absolute atomic E-state index is 4.59. The Labute approximate surface area is 201 Å². The van der Waals surface area contributed by atoms with E-state index in [2.05, 4.69) is 69.3 Å². The van der Waals surface area contributed by atoms with E-state index >= 15 is 0 Å². The molecule has 2 saturated heterocycles. The maximum Gasteiger partial charge on any atom is 0.193 e. The summed E-state index contributed by atoms with van der Waals surface area (Å²) in [5.74, 6) is 2.47. The molecule has 1 aromatic rings. The highest BCUT2D eigenvalue weighted by atomic mass is 127. The number of nitrogens with zero attached hydrogens (tertiary/aromatic N) is 4. The monoisotopic (exact) mass is 527 g/mol. The van der Waals surface area contributed by atoms with Crippen LogP contribution >= 0.6 is 24.0 Å². The molecule has 0 spiro atoms. The Balaban J connectivity index is 0.00000320. The number of aliphatic imine (C=N–C) groups is 1. The van der Waals surface area contributed by atoms with E-state index < -0.39 is 0 Å². The average Bonchev–Trinajstić information content (AvgIpc) is 2.77. The van der Waals surface area contributed by atoms with Crippen molar-refractivity contribution in [3.05, 3.63) is 35.9 Å². The Morgan fingerprint density at radius 3 is 2.47 bits per heavy atom. The van der Waals surface area contributed by atoms with Crippen molar-refractivity contribution in [2.45, 2.75) is 38.5 Å². The molecule has 2 fully saturated rings. The van der Waals surface area contributed by atoms with Crippen LogP contribution in [0.15, 0.2) is 35.3 Å². The number of nitrogens with one attached hydrogen (secondary N) is 1. The summed E-state index contributed by atoms with van der Waals surface area (Å²) in [5, 5.41) is 3.63. The Morgan fingerprint density at radius 2 is 1.80 bits per heavy atom. The van der Waals surface area contributed by atoms with Crippen LogP contribution in [0.4, 0.5) is 0 Å². The lowest BCUT2D eigenvalue weighted by molar-refractivity contribution is 0.152. The van der Waals surface area contributed by atoms with Crippen LogP contribution in [0.3, 0.4) is 0 Å². The van der Waals surface area contributed by atoms with Gasteiger partial charge >= 0.3 is 0 Å². The predicted octanol–water partition coefficient (Wildman–Crippen LogP) is 3.72. The molecule has 1 aromatic carbocycles. The second-order valence-corrected chi connectivity index (χ2v) is 8.75. The van der Waals surface area contributed by atoms with E-state index in [1.165, 1.54) is 64.0 Å². The zero-order valence-corrected chi connectivity index (χ0v) is 21.6. The van der Waals surface area contributed by atoms with Gasteiger partial charge in [-0.3, -0.25) is 4.99 Å². The zero-order chi connectivity index (χ0) is 20.5. The van der Waals surface area contributed by atoms with Gasteiger partial charge in [0.05, 0.1) is 0 Å². The van der Waals surface area contributed by atoms with Crippen LogP contribution in [0.2, 0.25) is 0 Å². The van der Waals surface area contributed by atoms with Crippen molar-refractivity contribution in [1.29, 1.82) is 0 Å². The summed E-state index contributed by atoms with van der Waals surface area (Å²) >= 11 is 0. The van der Waals surface area contributed by atoms with Crippen molar-refractivity contribution < 1.29 is 0 Å². The number of piperazine rings is 1. The van der Waals surface area contributed by atoms with Crippen molar-refractivity contribution in [2.75, 3.05) is 66.5 Å². The minimum absolute atomic E-state index is 0. The van der Waals surface area contributed by atoms with Crippen LogP contribution in [0, 0.1) is 5.92 Å². The Bertz CT molecular complexity index is 615. The van der Waals surface area contributed by atoms with Gasteiger partial charge in [-0.1, -0.05) is 43.7 Å². The van der Waals surface area contributed by atoms with Gasteiger partial charge in [0.1, 0.15) is 0 Å². The van der Waals surface area contributed by atoms with Crippen molar-refractivity contribution in [1.82, 2.24) is 20.0 Å². The number of piperidine rings is 1. The van der Waals surface area contributed by atoms with Crippen LogP contribution < -0.4 is 5.32 Å². The third kappa shape index (κ3) is 7.38. The highest BCUT2D eigenvalue weighted by molar-refractivity contribution is 14.0. The zero-order valence-electron chi connectivity index (χ0n) is 19.2. The van der Waals surface area contributed by atoms with E-state index in [1.54, 1.807) is 0 Å². The summed E-state index contributed by atoms with van der Waals surface area (Å²) in [5.41, 5.74) is 1.51. The van der Waals surface area contributed by atoms with Crippen LogP contribution in [0.25, 0.3) is 0 Å². The van der Waals surface area contributed by atoms with E-state index in [-0.39, 0.29) is 24.0 Å². The number of rotatable bonds is 7. The number of benzene rings is 1. The Morgan fingerprint density at radius 1 is 1.07 bits per heavy atom. The van der Waals surface area contributed by atoms with Gasteiger partial charge in [-0.25, -0.2) is 0 Å². The number of hydrogen-bond acceptors (Lipinski definition) is 3. The molecule has 0 radical (unpaired) electrons. The lowest BCUT2D eigenvalue weighted by atomic mass is 9.79. The molecule has 2 unspecified atom stereocenters. The first-order chi connectivity index (χ1) is 14.2. The first kappa shape index (κ1) is 25.4. The second-order valence-electron chi connectivity index (χ2n) is 8.75. The molecule has 170 valence electrons. The number of unbranched alkanes of at least 4 members (excludes halogenated alkanes) is 1. The number of likely N-dealkylation sites (tertiary alicyclic amines) is 1. The van der Waals surface area contributed by atoms with Crippen molar-refractivity contribution in [2.24, 2.45) is 10.9 Å². The lowest BCUT2D eigenvalue weighted by Crippen LogP contribution is -2.48. The van der Waals surface area contributed by atoms with E-state index in [0.29, 0.717) is 11.8 Å². The molecule has 0 aliphatic carbocycles. The summed E-state index contributed by atoms with van der Waals surface area (Å²) in [6, 6.07) is 11.1. The summed E-state index contributed by atoms with van der Waals surface area (Å²) in [7, 11) is 4.15. The molecule has 2 aliphatic heterocycles. The van der Waals surface area contributed by atoms with E-state index in [4.69, 9.17) is 0 Å². The van der Waals surface area contributed by atoms with Crippen LogP contribution in [0.5, 0.6) is 0 Å². The fourth-order valence-corrected chi connectivity index (χ4v) is 4.84. The fourth-order valence-electron chi connectivity index (χ4n) is 4.84. The molecule has 0 amide bonds. The third-order valence-electron chi connectivity index (χ3n) is 6.78. The summed E-state index contributed by atoms with van der Waals surface area (Å²) in [6.45, 7) is 11.7. The van der Waals surface area contributed by atoms with Gasteiger partial charge in [0.2, 0.25) is 0 Å². The SMILES string of the molecule is CCC1CN(C(=NC)NCCCCN2CCN(C)CC2)CCC1c1ccccc1.I. The van der Waals surface area contributed by atoms with Gasteiger partial charge in [0.15, 0.2) is 5.96 Å². The minimum atomic E-state index is 0. The third-order valence-corrected chi connectivity index (χ3v) is 6.78. The van der Waals surface area contributed by atoms with Crippen molar-refractivity contribution in [3.8, 4) is 0 Å². The van der Waals surface area contributed by atoms with Crippen LogP contribution in [0.1, 0.15) is 44.1 Å². The molecule has 5 nitrogen and oxygen atoms in total. The molecule has 30 heavy (non-hydrogen) atoms. The second kappa shape index (κ2) is 13.5. The smallest absolute Gasteiger partial charge is 0.193 e. The first-order valence-corrected chi connectivity index (χ1v) is 11.6. The van der Waals surface area contributed by atoms with Gasteiger partial charge in [-0.15, -0.1) is 24.0 Å². The average molecular weight is 528 g/mol. The number of likely N-dealkylation sites (N-methyl/N-ethyl adjacent to an activating group) is 1. The van der Waals surface area contributed by atoms with Crippen molar-refractivity contribution >= 4 is 29.9 Å². The number of hydrogen-bond donors (Lipinski definition) is 1. The molecule has 0 saturated carbocycles. The number of halogens is 1. The van der Waals surface area contributed by atoms with Crippen LogP contribution in [-0.4, -0.2) is 87.1 Å². The van der Waals surface area contributed by atoms with Crippen molar-refractivity contribution in [3.63, 3.8) is 0 Å². The summed E-state index contributed by atoms with van der Waals surface area (Å²) in [4.78, 5) is 12.1. The molecule has 2 aliphatic rings. The lowest BCUT2D eigenvalue weighted by Gasteiger charge is -2.40. The maximum atomic E-state index is 4.59. The van der Waals surface area contributed by atoms with E-state index in [1.807, 2.05) is 7.05 Å². The van der Waals surface area contributed by atoms with E-state index in [0.717, 1.165) is 25.6 Å². The standard InChI is InChI=1S/C24H41N5.HI/c1-4-21-20-29(15-12-23(21)22-10-6-5-7-11-22)24(25-2)26-13-8-9-14-28-18-16-27(3)17-19-28;/h5-7,10-11,21,23H,4,8-9,12-20H2,1-3H3,(H,25,26);1H. The van der Waals surface area contributed by atoms with Crippen LogP contribution in [-0.2, 0) is 0 Å². The predicted molar refractivity (Wildman–Crippen MR) is 139 cm³/mol. The molecule has 6 heteroatoms. The number of guanidine groups is 1. The molecule has 2 atom stereocenters. The van der Waals surface area contributed by atoms with Gasteiger partial charge in [0.25, 0.3) is 0 Å². The summed E-state index contributed by atoms with van der Waals surface area (Å²) in [6.07, 6.45) is 4.91. The van der Waals surface area contributed by atoms with Gasteiger partial charge in [0, 0.05) is 52.9 Å². The van der Waals surface area contributed by atoms with Gasteiger partial charge in [-0.2, -0.15) is 0 Å². The molecule has 3 rings (SSSR count). The van der Waals surface area contributed by atoms with Gasteiger partial charge < -0.3 is 20.0 Å². The summed E-state index contributed by atoms with van der Waals surface area (Å²) < 4.78 is 0. The molecule has 2 heterocycles. The molecule has 1 N–H and O–H groups in total. The molecule has 0 aromatic heterocycles. The minimum Gasteiger partial charge on any atom is -0.356 e. The highest BCUT2D eigenvalue weighted by Crippen LogP contribution is 2.34. The Hall–Kier alpha value is -0.860. The topological polar surface area (TPSA) is 34.1 Å². The normalized spacial score (nSPS) is 23.8. The fraction of sp³-hybridized carbons (Fsp3) is 0.708. The molecular formula is C24H42IN5. The molecular weight excluding hydrogens is 485 g/mol. The molecule has 0 bridgehead atoms. The largest absolute Gasteiger partial charge is 0.356 e. The Kier molecular flexibility index (Phi) is 11.5. The van der Waals surface area contributed by atoms with Gasteiger partial charge in [-0.05, 0) is 50.3 Å².